The van der Waals surface area contributed by atoms with E-state index in [-0.39, 0.29) is 6.42 Å². The summed E-state index contributed by atoms with van der Waals surface area (Å²) < 4.78 is 4.82. The maximum absolute atomic E-state index is 11.9. The van der Waals surface area contributed by atoms with E-state index in [0.717, 1.165) is 0 Å². The summed E-state index contributed by atoms with van der Waals surface area (Å²) in [6.45, 7) is 1.64. The lowest BCUT2D eigenvalue weighted by atomic mass is 10.0. The van der Waals surface area contributed by atoms with Gasteiger partial charge in [0.25, 0.3) is 5.91 Å². The molecule has 10 heteroatoms. The molecule has 1 atom stereocenters. The molecule has 0 aliphatic heterocycles. The third-order valence-corrected chi connectivity index (χ3v) is 3.46. The normalized spacial score (nSPS) is 11.2. The van der Waals surface area contributed by atoms with Crippen molar-refractivity contribution >= 4 is 35.5 Å². The maximum Gasteiger partial charge on any atom is 0.321 e. The van der Waals surface area contributed by atoms with E-state index in [1.807, 2.05) is 12.2 Å². The number of ether oxygens (including phenoxy) is 1. The fourth-order valence-electron chi connectivity index (χ4n) is 1.99. The Hall–Kier alpha value is -2.81. The van der Waals surface area contributed by atoms with E-state index in [1.54, 1.807) is 24.3 Å². The maximum atomic E-state index is 11.9. The van der Waals surface area contributed by atoms with E-state index in [1.165, 1.54) is 0 Å². The zero-order chi connectivity index (χ0) is 19.5. The smallest absolute Gasteiger partial charge is 0.321 e. The number of primary amides is 1. The molecule has 0 aliphatic carbocycles. The molecule has 0 bridgehead atoms. The number of rotatable bonds is 8. The van der Waals surface area contributed by atoms with E-state index in [9.17, 15) is 19.2 Å². The first-order valence-corrected chi connectivity index (χ1v) is 8.25. The molecule has 0 heterocycles. The van der Waals surface area contributed by atoms with Crippen molar-refractivity contribution in [3.63, 3.8) is 0 Å². The Morgan fingerprint density at radius 3 is 2.54 bits per heavy atom. The Bertz CT molecular complexity index is 668. The highest BCUT2D eigenvalue weighted by atomic mass is 35.5. The predicted molar refractivity (Wildman–Crippen MR) is 94.3 cm³/mol. The SMILES string of the molecule is CCCNC(=O)NC(=O)COC(=O)C[C@@H](NC(N)=O)c1ccccc1Cl. The van der Waals surface area contributed by atoms with Gasteiger partial charge in [0.05, 0.1) is 12.5 Å². The van der Waals surface area contributed by atoms with Crippen LogP contribution >= 0.6 is 11.6 Å². The van der Waals surface area contributed by atoms with Crippen LogP contribution in [0.2, 0.25) is 5.02 Å². The first kappa shape index (κ1) is 21.2. The molecule has 0 spiro atoms. The Morgan fingerprint density at radius 1 is 1.23 bits per heavy atom. The molecule has 0 aromatic heterocycles. The first-order valence-electron chi connectivity index (χ1n) is 7.87. The van der Waals surface area contributed by atoms with Crippen molar-refractivity contribution in [1.29, 1.82) is 0 Å². The van der Waals surface area contributed by atoms with Gasteiger partial charge in [-0.15, -0.1) is 0 Å². The molecule has 0 saturated heterocycles. The number of hydrogen-bond donors (Lipinski definition) is 4. The highest BCUT2D eigenvalue weighted by Gasteiger charge is 2.21. The minimum absolute atomic E-state index is 0.290. The molecule has 0 unspecified atom stereocenters. The molecule has 5 N–H and O–H groups in total. The number of carbonyl (C=O) groups excluding carboxylic acids is 4. The van der Waals surface area contributed by atoms with Gasteiger partial charge in [0.2, 0.25) is 0 Å². The zero-order valence-corrected chi connectivity index (χ0v) is 15.0. The van der Waals surface area contributed by atoms with Crippen molar-refractivity contribution < 1.29 is 23.9 Å². The van der Waals surface area contributed by atoms with Gasteiger partial charge in [-0.25, -0.2) is 9.59 Å². The Kier molecular flexibility index (Phi) is 8.93. The van der Waals surface area contributed by atoms with Gasteiger partial charge in [-0.1, -0.05) is 36.7 Å². The molecule has 0 aliphatic rings. The van der Waals surface area contributed by atoms with Crippen molar-refractivity contribution in [3.8, 4) is 0 Å². The van der Waals surface area contributed by atoms with Crippen molar-refractivity contribution in [2.75, 3.05) is 13.2 Å². The monoisotopic (exact) mass is 384 g/mol. The number of halogens is 1. The van der Waals surface area contributed by atoms with Gasteiger partial charge in [-0.2, -0.15) is 0 Å². The first-order chi connectivity index (χ1) is 12.3. The fourth-order valence-corrected chi connectivity index (χ4v) is 2.25. The van der Waals surface area contributed by atoms with Crippen LogP contribution in [0.25, 0.3) is 0 Å². The Morgan fingerprint density at radius 2 is 1.92 bits per heavy atom. The lowest BCUT2D eigenvalue weighted by molar-refractivity contribution is -0.148. The quantitative estimate of drug-likeness (QED) is 0.499. The topological polar surface area (TPSA) is 140 Å². The molecule has 0 radical (unpaired) electrons. The Balaban J connectivity index is 2.57. The summed E-state index contributed by atoms with van der Waals surface area (Å²) in [5.74, 6) is -1.54. The van der Waals surface area contributed by atoms with Crippen LogP contribution in [0, 0.1) is 0 Å². The number of carbonyl (C=O) groups is 4. The summed E-state index contributed by atoms with van der Waals surface area (Å²) in [6.07, 6.45) is 0.425. The number of esters is 1. The molecule has 142 valence electrons. The molecule has 9 nitrogen and oxygen atoms in total. The van der Waals surface area contributed by atoms with Gasteiger partial charge >= 0.3 is 18.0 Å². The van der Waals surface area contributed by atoms with Crippen molar-refractivity contribution in [2.45, 2.75) is 25.8 Å². The number of benzene rings is 1. The van der Waals surface area contributed by atoms with E-state index in [0.29, 0.717) is 23.6 Å². The van der Waals surface area contributed by atoms with Gasteiger partial charge in [-0.3, -0.25) is 14.9 Å². The molecule has 26 heavy (non-hydrogen) atoms. The second kappa shape index (κ2) is 10.9. The van der Waals surface area contributed by atoms with Crippen LogP contribution in [-0.4, -0.2) is 37.1 Å². The summed E-state index contributed by atoms with van der Waals surface area (Å²) >= 11 is 6.06. The van der Waals surface area contributed by atoms with Crippen molar-refractivity contribution in [1.82, 2.24) is 16.0 Å². The second-order valence-electron chi connectivity index (χ2n) is 5.25. The van der Waals surface area contributed by atoms with Gasteiger partial charge in [0.15, 0.2) is 6.61 Å². The zero-order valence-electron chi connectivity index (χ0n) is 14.2. The third kappa shape index (κ3) is 7.84. The highest BCUT2D eigenvalue weighted by molar-refractivity contribution is 6.31. The molecular formula is C16H21ClN4O5. The van der Waals surface area contributed by atoms with E-state index in [4.69, 9.17) is 22.1 Å². The van der Waals surface area contributed by atoms with Gasteiger partial charge < -0.3 is 21.1 Å². The highest BCUT2D eigenvalue weighted by Crippen LogP contribution is 2.25. The number of amides is 5. The molecule has 1 aromatic rings. The lowest BCUT2D eigenvalue weighted by Gasteiger charge is -2.18. The number of urea groups is 2. The molecule has 0 fully saturated rings. The fraction of sp³-hybridized carbons (Fsp3) is 0.375. The molecule has 0 saturated carbocycles. The van der Waals surface area contributed by atoms with E-state index < -0.39 is 36.6 Å². The minimum Gasteiger partial charge on any atom is -0.455 e. The number of imide groups is 1. The average molecular weight is 385 g/mol. The van der Waals surface area contributed by atoms with Crippen LogP contribution in [0.5, 0.6) is 0 Å². The van der Waals surface area contributed by atoms with Gasteiger partial charge in [0, 0.05) is 11.6 Å². The van der Waals surface area contributed by atoms with E-state index >= 15 is 0 Å². The van der Waals surface area contributed by atoms with Crippen LogP contribution in [0.4, 0.5) is 9.59 Å². The van der Waals surface area contributed by atoms with Crippen LogP contribution in [-0.2, 0) is 14.3 Å². The Labute approximate surface area is 155 Å². The van der Waals surface area contributed by atoms with Gasteiger partial charge in [0.1, 0.15) is 0 Å². The molecule has 1 aromatic carbocycles. The van der Waals surface area contributed by atoms with E-state index in [2.05, 4.69) is 10.6 Å². The number of hydrogen-bond acceptors (Lipinski definition) is 5. The lowest BCUT2D eigenvalue weighted by Crippen LogP contribution is -2.41. The molecule has 5 amide bonds. The second-order valence-corrected chi connectivity index (χ2v) is 5.66. The predicted octanol–water partition coefficient (Wildman–Crippen LogP) is 1.22. The minimum atomic E-state index is -0.840. The van der Waals surface area contributed by atoms with Gasteiger partial charge in [-0.05, 0) is 18.1 Å². The standard InChI is InChI=1S/C16H21ClN4O5/c1-2-7-19-16(25)21-13(22)9-26-14(23)8-12(20-15(18)24)10-5-3-4-6-11(10)17/h3-6,12H,2,7-9H2,1H3,(H3,18,20,24)(H2,19,21,22,25)/t12-/m1/s1. The van der Waals surface area contributed by atoms with Crippen molar-refractivity contribution in [3.05, 3.63) is 34.9 Å². The number of nitrogens with two attached hydrogens (primary N) is 1. The summed E-state index contributed by atoms with van der Waals surface area (Å²) in [4.78, 5) is 46.0. The summed E-state index contributed by atoms with van der Waals surface area (Å²) in [7, 11) is 0. The average Bonchev–Trinajstić information content (AvgIpc) is 2.57. The molecular weight excluding hydrogens is 364 g/mol. The summed E-state index contributed by atoms with van der Waals surface area (Å²) in [5, 5.41) is 7.20. The largest absolute Gasteiger partial charge is 0.455 e. The van der Waals surface area contributed by atoms with Crippen LogP contribution in [0.1, 0.15) is 31.4 Å². The third-order valence-electron chi connectivity index (χ3n) is 3.12. The van der Waals surface area contributed by atoms with Crippen LogP contribution in [0.3, 0.4) is 0 Å². The van der Waals surface area contributed by atoms with Crippen LogP contribution in [0.15, 0.2) is 24.3 Å². The summed E-state index contributed by atoms with van der Waals surface area (Å²) in [6, 6.07) is 4.28. The van der Waals surface area contributed by atoms with Crippen LogP contribution < -0.4 is 21.7 Å². The molecule has 1 rings (SSSR count). The van der Waals surface area contributed by atoms with Crippen molar-refractivity contribution in [2.24, 2.45) is 5.73 Å². The number of nitrogens with one attached hydrogen (secondary N) is 3. The summed E-state index contributed by atoms with van der Waals surface area (Å²) in [5.41, 5.74) is 5.60.